The van der Waals surface area contributed by atoms with Crippen LogP contribution in [0.4, 0.5) is 0 Å². The van der Waals surface area contributed by atoms with Crippen molar-refractivity contribution in [3.8, 4) is 11.6 Å². The van der Waals surface area contributed by atoms with Crippen molar-refractivity contribution in [3.05, 3.63) is 65.9 Å². The Hall–Kier alpha value is -3.22. The summed E-state index contributed by atoms with van der Waals surface area (Å²) in [5.74, 6) is 1.22. The van der Waals surface area contributed by atoms with Gasteiger partial charge in [-0.2, -0.15) is 10.1 Å². The fourth-order valence-corrected chi connectivity index (χ4v) is 3.51. The summed E-state index contributed by atoms with van der Waals surface area (Å²) >= 11 is 0. The van der Waals surface area contributed by atoms with E-state index in [1.165, 1.54) is 0 Å². The summed E-state index contributed by atoms with van der Waals surface area (Å²) in [6.07, 6.45) is 5.06. The van der Waals surface area contributed by atoms with Crippen molar-refractivity contribution in [2.24, 2.45) is 0 Å². The quantitative estimate of drug-likeness (QED) is 0.699. The Morgan fingerprint density at radius 2 is 2.00 bits per heavy atom. The SMILES string of the molecule is Cc1nccc(OC2CCCN(C(=O)c3cnn(-c4ccccc4)c3C)C2)n1. The molecule has 1 aromatic carbocycles. The van der Waals surface area contributed by atoms with Gasteiger partial charge < -0.3 is 9.64 Å². The number of para-hydroxylation sites is 1. The lowest BCUT2D eigenvalue weighted by molar-refractivity contribution is 0.0526. The van der Waals surface area contributed by atoms with Crippen molar-refractivity contribution in [1.82, 2.24) is 24.6 Å². The molecule has 0 radical (unpaired) electrons. The molecule has 0 spiro atoms. The van der Waals surface area contributed by atoms with E-state index in [2.05, 4.69) is 15.1 Å². The smallest absolute Gasteiger partial charge is 0.257 e. The molecule has 3 aromatic rings. The predicted octanol–water partition coefficient (Wildman–Crippen LogP) is 2.96. The molecule has 4 rings (SSSR count). The van der Waals surface area contributed by atoms with Crippen LogP contribution in [0.15, 0.2) is 48.8 Å². The van der Waals surface area contributed by atoms with E-state index in [-0.39, 0.29) is 12.0 Å². The maximum absolute atomic E-state index is 13.1. The molecule has 1 saturated heterocycles. The van der Waals surface area contributed by atoms with Gasteiger partial charge >= 0.3 is 0 Å². The second-order valence-corrected chi connectivity index (χ2v) is 6.97. The van der Waals surface area contributed by atoms with Crippen LogP contribution in [0.1, 0.15) is 34.7 Å². The summed E-state index contributed by atoms with van der Waals surface area (Å²) in [5.41, 5.74) is 2.41. The Kier molecular flexibility index (Phi) is 5.06. The second-order valence-electron chi connectivity index (χ2n) is 6.97. The van der Waals surface area contributed by atoms with Gasteiger partial charge in [0.25, 0.3) is 5.91 Å². The van der Waals surface area contributed by atoms with E-state index in [1.807, 2.05) is 49.1 Å². The molecule has 1 unspecified atom stereocenters. The first-order valence-electron chi connectivity index (χ1n) is 9.47. The van der Waals surface area contributed by atoms with Gasteiger partial charge in [0.15, 0.2) is 0 Å². The highest BCUT2D eigenvalue weighted by Crippen LogP contribution is 2.21. The van der Waals surface area contributed by atoms with Crippen LogP contribution in [0.3, 0.4) is 0 Å². The van der Waals surface area contributed by atoms with E-state index in [0.717, 1.165) is 30.8 Å². The lowest BCUT2D eigenvalue weighted by Crippen LogP contribution is -2.44. The molecule has 7 heteroatoms. The predicted molar refractivity (Wildman–Crippen MR) is 105 cm³/mol. The highest BCUT2D eigenvalue weighted by Gasteiger charge is 2.28. The molecule has 0 aliphatic carbocycles. The minimum absolute atomic E-state index is 0.00755. The third-order valence-corrected chi connectivity index (χ3v) is 4.94. The second kappa shape index (κ2) is 7.80. The van der Waals surface area contributed by atoms with E-state index in [1.54, 1.807) is 23.1 Å². The van der Waals surface area contributed by atoms with Gasteiger partial charge in [-0.15, -0.1) is 0 Å². The van der Waals surface area contributed by atoms with Gasteiger partial charge in [0.1, 0.15) is 11.9 Å². The topological polar surface area (TPSA) is 73.1 Å². The lowest BCUT2D eigenvalue weighted by atomic mass is 10.1. The molecule has 0 saturated carbocycles. The number of benzene rings is 1. The molecule has 144 valence electrons. The van der Waals surface area contributed by atoms with Crippen molar-refractivity contribution in [1.29, 1.82) is 0 Å². The molecule has 3 heterocycles. The van der Waals surface area contributed by atoms with Gasteiger partial charge in [-0.1, -0.05) is 18.2 Å². The zero-order valence-electron chi connectivity index (χ0n) is 16.1. The summed E-state index contributed by atoms with van der Waals surface area (Å²) in [4.78, 5) is 23.3. The van der Waals surface area contributed by atoms with Gasteiger partial charge in [-0.05, 0) is 38.8 Å². The van der Waals surface area contributed by atoms with Crippen molar-refractivity contribution < 1.29 is 9.53 Å². The Morgan fingerprint density at radius 1 is 1.18 bits per heavy atom. The van der Waals surface area contributed by atoms with Crippen LogP contribution in [-0.4, -0.2) is 49.7 Å². The normalized spacial score (nSPS) is 16.8. The molecular formula is C21H23N5O2. The first-order chi connectivity index (χ1) is 13.6. The number of carbonyl (C=O) groups is 1. The fourth-order valence-electron chi connectivity index (χ4n) is 3.51. The average molecular weight is 377 g/mol. The highest BCUT2D eigenvalue weighted by atomic mass is 16.5. The van der Waals surface area contributed by atoms with Gasteiger partial charge in [-0.3, -0.25) is 4.79 Å². The molecule has 1 fully saturated rings. The number of rotatable bonds is 4. The number of aryl methyl sites for hydroxylation is 1. The summed E-state index contributed by atoms with van der Waals surface area (Å²) in [6.45, 7) is 5.01. The van der Waals surface area contributed by atoms with Crippen LogP contribution < -0.4 is 4.74 Å². The summed E-state index contributed by atoms with van der Waals surface area (Å²) in [6, 6.07) is 11.6. The molecular weight excluding hydrogens is 354 g/mol. The van der Waals surface area contributed by atoms with Crippen LogP contribution in [-0.2, 0) is 0 Å². The van der Waals surface area contributed by atoms with E-state index in [4.69, 9.17) is 4.74 Å². The van der Waals surface area contributed by atoms with Crippen molar-refractivity contribution in [2.45, 2.75) is 32.8 Å². The fraction of sp³-hybridized carbons (Fsp3) is 0.333. The molecule has 1 amide bonds. The number of hydrogen-bond donors (Lipinski definition) is 0. The largest absolute Gasteiger partial charge is 0.472 e. The average Bonchev–Trinajstić information content (AvgIpc) is 3.09. The van der Waals surface area contributed by atoms with Gasteiger partial charge in [0.05, 0.1) is 29.7 Å². The Bertz CT molecular complexity index is 970. The van der Waals surface area contributed by atoms with E-state index in [9.17, 15) is 4.79 Å². The maximum atomic E-state index is 13.1. The van der Waals surface area contributed by atoms with Crippen LogP contribution in [0.5, 0.6) is 5.88 Å². The van der Waals surface area contributed by atoms with Crippen LogP contribution in [0.2, 0.25) is 0 Å². The third kappa shape index (κ3) is 3.74. The zero-order valence-corrected chi connectivity index (χ0v) is 16.1. The van der Waals surface area contributed by atoms with Crippen molar-refractivity contribution >= 4 is 5.91 Å². The minimum atomic E-state index is -0.0727. The molecule has 1 atom stereocenters. The monoisotopic (exact) mass is 377 g/mol. The van der Waals surface area contributed by atoms with Gasteiger partial charge in [0.2, 0.25) is 5.88 Å². The molecule has 28 heavy (non-hydrogen) atoms. The first-order valence-corrected chi connectivity index (χ1v) is 9.47. The Morgan fingerprint density at radius 3 is 2.79 bits per heavy atom. The molecule has 2 aromatic heterocycles. The van der Waals surface area contributed by atoms with E-state index in [0.29, 0.717) is 23.8 Å². The summed E-state index contributed by atoms with van der Waals surface area (Å²) in [7, 11) is 0. The van der Waals surface area contributed by atoms with Gasteiger partial charge in [-0.25, -0.2) is 9.67 Å². The number of ether oxygens (including phenoxy) is 1. The number of hydrogen-bond acceptors (Lipinski definition) is 5. The number of nitrogens with zero attached hydrogens (tertiary/aromatic N) is 5. The number of aromatic nitrogens is 4. The number of amides is 1. The lowest BCUT2D eigenvalue weighted by Gasteiger charge is -2.32. The van der Waals surface area contributed by atoms with Crippen LogP contribution in [0, 0.1) is 13.8 Å². The van der Waals surface area contributed by atoms with E-state index < -0.39 is 0 Å². The molecule has 7 nitrogen and oxygen atoms in total. The van der Waals surface area contributed by atoms with Crippen molar-refractivity contribution in [3.63, 3.8) is 0 Å². The minimum Gasteiger partial charge on any atom is -0.472 e. The van der Waals surface area contributed by atoms with Crippen LogP contribution in [0.25, 0.3) is 5.69 Å². The highest BCUT2D eigenvalue weighted by molar-refractivity contribution is 5.95. The summed E-state index contributed by atoms with van der Waals surface area (Å²) < 4.78 is 7.79. The Balaban J connectivity index is 1.48. The van der Waals surface area contributed by atoms with E-state index >= 15 is 0 Å². The number of piperidine rings is 1. The number of carbonyl (C=O) groups excluding carboxylic acids is 1. The molecule has 1 aliphatic heterocycles. The van der Waals surface area contributed by atoms with Gasteiger partial charge in [0, 0.05) is 18.8 Å². The molecule has 0 N–H and O–H groups in total. The zero-order chi connectivity index (χ0) is 19.5. The van der Waals surface area contributed by atoms with Crippen molar-refractivity contribution in [2.75, 3.05) is 13.1 Å². The molecule has 0 bridgehead atoms. The third-order valence-electron chi connectivity index (χ3n) is 4.94. The summed E-state index contributed by atoms with van der Waals surface area (Å²) in [5, 5.41) is 4.42. The van der Waals surface area contributed by atoms with Crippen LogP contribution >= 0.6 is 0 Å². The first kappa shape index (κ1) is 18.2. The molecule has 1 aliphatic rings. The standard InChI is InChI=1S/C21H23N5O2/c1-15-19(13-23-26(15)17-7-4-3-5-8-17)21(27)25-12-6-9-18(14-25)28-20-10-11-22-16(2)24-20/h3-5,7-8,10-11,13,18H,6,9,12,14H2,1-2H3. The Labute approximate surface area is 164 Å². The maximum Gasteiger partial charge on any atom is 0.257 e. The number of likely N-dealkylation sites (tertiary alicyclic amines) is 1.